The summed E-state index contributed by atoms with van der Waals surface area (Å²) in [5, 5.41) is 6.18. The number of benzene rings is 1. The van der Waals surface area contributed by atoms with E-state index < -0.39 is 0 Å². The number of rotatable bonds is 7. The van der Waals surface area contributed by atoms with E-state index in [4.69, 9.17) is 9.47 Å². The van der Waals surface area contributed by atoms with Gasteiger partial charge in [-0.05, 0) is 43.7 Å². The summed E-state index contributed by atoms with van der Waals surface area (Å²) >= 11 is 0. The van der Waals surface area contributed by atoms with Gasteiger partial charge in [-0.25, -0.2) is 4.79 Å². The molecule has 30 heavy (non-hydrogen) atoms. The molecule has 0 unspecified atom stereocenters. The van der Waals surface area contributed by atoms with Gasteiger partial charge in [-0.3, -0.25) is 4.79 Å². The minimum atomic E-state index is 0.0398. The third kappa shape index (κ3) is 6.28. The molecule has 1 aromatic carbocycles. The van der Waals surface area contributed by atoms with Gasteiger partial charge in [-0.2, -0.15) is 0 Å². The van der Waals surface area contributed by atoms with E-state index in [9.17, 15) is 9.59 Å². The molecule has 2 N–H and O–H groups in total. The van der Waals surface area contributed by atoms with Gasteiger partial charge in [0.2, 0.25) is 5.91 Å². The van der Waals surface area contributed by atoms with Gasteiger partial charge in [-0.1, -0.05) is 19.3 Å². The maximum atomic E-state index is 12.5. The number of methoxy groups -OCH3 is 2. The van der Waals surface area contributed by atoms with E-state index in [1.165, 1.54) is 19.3 Å². The van der Waals surface area contributed by atoms with Crippen LogP contribution in [0.3, 0.4) is 0 Å². The van der Waals surface area contributed by atoms with Crippen molar-refractivity contribution in [1.29, 1.82) is 0 Å². The average molecular weight is 418 g/mol. The topological polar surface area (TPSA) is 79.9 Å². The standard InChI is InChI=1S/C23H35N3O4/c1-29-20-9-8-18(21(15-20)30-2)16-24-22(27)14-17-10-12-26(13-11-17)23(28)25-19-6-4-3-5-7-19/h8-9,15,17,19H,3-7,10-14,16H2,1-2H3,(H,24,27)(H,25,28). The molecule has 166 valence electrons. The number of amides is 3. The Morgan fingerprint density at radius 2 is 1.77 bits per heavy atom. The first-order chi connectivity index (χ1) is 14.6. The third-order valence-corrected chi connectivity index (χ3v) is 6.28. The molecule has 1 aromatic rings. The SMILES string of the molecule is COc1ccc(CNC(=O)CC2CCN(C(=O)NC3CCCCC3)CC2)c(OC)c1. The van der Waals surface area contributed by atoms with E-state index in [0.29, 0.717) is 30.7 Å². The fourth-order valence-corrected chi connectivity index (χ4v) is 4.38. The maximum absolute atomic E-state index is 12.5. The summed E-state index contributed by atoms with van der Waals surface area (Å²) in [5.74, 6) is 1.78. The molecule has 1 saturated carbocycles. The fourth-order valence-electron chi connectivity index (χ4n) is 4.38. The number of hydrogen-bond acceptors (Lipinski definition) is 4. The van der Waals surface area contributed by atoms with E-state index in [2.05, 4.69) is 10.6 Å². The molecular weight excluding hydrogens is 382 g/mol. The quantitative estimate of drug-likeness (QED) is 0.712. The lowest BCUT2D eigenvalue weighted by molar-refractivity contribution is -0.122. The van der Waals surface area contributed by atoms with E-state index in [0.717, 1.165) is 50.1 Å². The molecule has 0 bridgehead atoms. The molecule has 7 heteroatoms. The summed E-state index contributed by atoms with van der Waals surface area (Å²) in [6, 6.07) is 5.98. The highest BCUT2D eigenvalue weighted by atomic mass is 16.5. The van der Waals surface area contributed by atoms with Crippen LogP contribution < -0.4 is 20.1 Å². The number of hydrogen-bond donors (Lipinski definition) is 2. The fraction of sp³-hybridized carbons (Fsp3) is 0.652. The largest absolute Gasteiger partial charge is 0.497 e. The normalized spacial score (nSPS) is 18.0. The lowest BCUT2D eigenvalue weighted by Crippen LogP contribution is -2.48. The summed E-state index contributed by atoms with van der Waals surface area (Å²) in [6.07, 6.45) is 8.15. The van der Waals surface area contributed by atoms with E-state index in [-0.39, 0.29) is 11.9 Å². The second-order valence-electron chi connectivity index (χ2n) is 8.37. The second kappa shape index (κ2) is 11.1. The molecule has 7 nitrogen and oxygen atoms in total. The van der Waals surface area contributed by atoms with Crippen LogP contribution >= 0.6 is 0 Å². The average Bonchev–Trinajstić information content (AvgIpc) is 2.78. The highest BCUT2D eigenvalue weighted by Crippen LogP contribution is 2.25. The number of likely N-dealkylation sites (tertiary alicyclic amines) is 1. The van der Waals surface area contributed by atoms with Crippen LogP contribution in [0.1, 0.15) is 56.9 Å². The summed E-state index contributed by atoms with van der Waals surface area (Å²) in [4.78, 5) is 26.8. The minimum Gasteiger partial charge on any atom is -0.497 e. The molecule has 0 aromatic heterocycles. The van der Waals surface area contributed by atoms with Crippen molar-refractivity contribution in [2.24, 2.45) is 5.92 Å². The Morgan fingerprint density at radius 1 is 1.03 bits per heavy atom. The zero-order chi connectivity index (χ0) is 21.3. The molecular formula is C23H35N3O4. The van der Waals surface area contributed by atoms with Crippen molar-refractivity contribution in [3.8, 4) is 11.5 Å². The Balaban J connectivity index is 1.38. The molecule has 0 radical (unpaired) electrons. The molecule has 3 amide bonds. The highest BCUT2D eigenvalue weighted by molar-refractivity contribution is 5.76. The number of nitrogens with one attached hydrogen (secondary N) is 2. The monoisotopic (exact) mass is 417 g/mol. The molecule has 1 heterocycles. The van der Waals surface area contributed by atoms with Gasteiger partial charge in [0, 0.05) is 43.7 Å². The van der Waals surface area contributed by atoms with E-state index >= 15 is 0 Å². The van der Waals surface area contributed by atoms with Crippen LogP contribution in [0.25, 0.3) is 0 Å². The Labute approximate surface area is 179 Å². The van der Waals surface area contributed by atoms with Crippen molar-refractivity contribution < 1.29 is 19.1 Å². The van der Waals surface area contributed by atoms with Crippen LogP contribution in [0.15, 0.2) is 18.2 Å². The zero-order valence-corrected chi connectivity index (χ0v) is 18.2. The highest BCUT2D eigenvalue weighted by Gasteiger charge is 2.26. The van der Waals surface area contributed by atoms with Crippen molar-refractivity contribution >= 4 is 11.9 Å². The molecule has 0 atom stereocenters. The van der Waals surface area contributed by atoms with Crippen molar-refractivity contribution in [2.75, 3.05) is 27.3 Å². The predicted molar refractivity (Wildman–Crippen MR) is 116 cm³/mol. The van der Waals surface area contributed by atoms with Crippen molar-refractivity contribution in [1.82, 2.24) is 15.5 Å². The lowest BCUT2D eigenvalue weighted by Gasteiger charge is -2.33. The smallest absolute Gasteiger partial charge is 0.317 e. The summed E-state index contributed by atoms with van der Waals surface area (Å²) in [6.45, 7) is 1.88. The summed E-state index contributed by atoms with van der Waals surface area (Å²) < 4.78 is 10.6. The van der Waals surface area contributed by atoms with Crippen LogP contribution in [-0.2, 0) is 11.3 Å². The number of piperidine rings is 1. The van der Waals surface area contributed by atoms with Crippen molar-refractivity contribution in [2.45, 2.75) is 64.0 Å². The van der Waals surface area contributed by atoms with Crippen LogP contribution in [0.2, 0.25) is 0 Å². The lowest BCUT2D eigenvalue weighted by atomic mass is 9.93. The number of carbonyl (C=O) groups is 2. The number of carbonyl (C=O) groups excluding carboxylic acids is 2. The molecule has 1 saturated heterocycles. The molecule has 0 spiro atoms. The Hall–Kier alpha value is -2.44. The zero-order valence-electron chi connectivity index (χ0n) is 18.2. The Kier molecular flexibility index (Phi) is 8.22. The van der Waals surface area contributed by atoms with Crippen LogP contribution in [0.5, 0.6) is 11.5 Å². The van der Waals surface area contributed by atoms with Gasteiger partial charge in [0.15, 0.2) is 0 Å². The second-order valence-corrected chi connectivity index (χ2v) is 8.37. The minimum absolute atomic E-state index is 0.0398. The van der Waals surface area contributed by atoms with Gasteiger partial charge in [-0.15, -0.1) is 0 Å². The number of urea groups is 1. The van der Waals surface area contributed by atoms with Crippen LogP contribution in [-0.4, -0.2) is 50.2 Å². The third-order valence-electron chi connectivity index (χ3n) is 6.28. The molecule has 3 rings (SSSR count). The Bertz CT molecular complexity index is 710. The predicted octanol–water partition coefficient (Wildman–Crippen LogP) is 3.46. The van der Waals surface area contributed by atoms with Gasteiger partial charge >= 0.3 is 6.03 Å². The molecule has 2 fully saturated rings. The van der Waals surface area contributed by atoms with E-state index in [1.807, 2.05) is 23.1 Å². The first-order valence-electron chi connectivity index (χ1n) is 11.1. The number of nitrogens with zero attached hydrogens (tertiary/aromatic N) is 1. The van der Waals surface area contributed by atoms with Gasteiger partial charge in [0.05, 0.1) is 14.2 Å². The van der Waals surface area contributed by atoms with Crippen molar-refractivity contribution in [3.63, 3.8) is 0 Å². The maximum Gasteiger partial charge on any atom is 0.317 e. The summed E-state index contributed by atoms with van der Waals surface area (Å²) in [5.41, 5.74) is 0.917. The molecule has 1 aliphatic carbocycles. The van der Waals surface area contributed by atoms with Crippen LogP contribution in [0, 0.1) is 5.92 Å². The van der Waals surface area contributed by atoms with Gasteiger partial charge < -0.3 is 25.0 Å². The molecule has 1 aliphatic heterocycles. The first kappa shape index (κ1) is 22.2. The van der Waals surface area contributed by atoms with Gasteiger partial charge in [0.1, 0.15) is 11.5 Å². The Morgan fingerprint density at radius 3 is 2.43 bits per heavy atom. The van der Waals surface area contributed by atoms with Gasteiger partial charge in [0.25, 0.3) is 0 Å². The molecule has 2 aliphatic rings. The number of ether oxygens (including phenoxy) is 2. The summed E-state index contributed by atoms with van der Waals surface area (Å²) in [7, 11) is 3.22. The van der Waals surface area contributed by atoms with Crippen molar-refractivity contribution in [3.05, 3.63) is 23.8 Å². The first-order valence-corrected chi connectivity index (χ1v) is 11.1. The van der Waals surface area contributed by atoms with E-state index in [1.54, 1.807) is 14.2 Å². The van der Waals surface area contributed by atoms with Crippen LogP contribution in [0.4, 0.5) is 4.79 Å².